The standard InChI is InChI=1S/C35H36ClN5O5S/c1-23-31(33(43)46-20-24-11-5-3-6-12-24)32(41-34(37-23)38-35(39-41)47-22-26-13-7-8-14-27(26)36)25-15-16-28(29(19-25)44-2)45-21-30(42)40-17-9-4-10-18-40/h3,5-8,11-16,19,32H,4,9-10,17-18,20-22H2,1-2H3,(H,37,38,39). The summed E-state index contributed by atoms with van der Waals surface area (Å²) in [4.78, 5) is 33.1. The van der Waals surface area contributed by atoms with E-state index >= 15 is 0 Å². The van der Waals surface area contributed by atoms with E-state index in [4.69, 9.17) is 35.9 Å². The van der Waals surface area contributed by atoms with Gasteiger partial charge < -0.3 is 24.4 Å². The Morgan fingerprint density at radius 2 is 1.77 bits per heavy atom. The molecule has 3 heterocycles. The number of nitrogens with zero attached hydrogens (tertiary/aromatic N) is 4. The molecule has 2 aliphatic rings. The van der Waals surface area contributed by atoms with Crippen LogP contribution in [-0.4, -0.2) is 58.3 Å². The van der Waals surface area contributed by atoms with Crippen molar-refractivity contribution < 1.29 is 23.8 Å². The lowest BCUT2D eigenvalue weighted by molar-refractivity contribution is -0.141. The number of esters is 1. The van der Waals surface area contributed by atoms with Crippen molar-refractivity contribution in [3.63, 3.8) is 0 Å². The van der Waals surface area contributed by atoms with Crippen LogP contribution in [0.5, 0.6) is 11.5 Å². The van der Waals surface area contributed by atoms with E-state index in [0.29, 0.717) is 50.2 Å². The molecule has 1 aromatic heterocycles. The van der Waals surface area contributed by atoms with Crippen LogP contribution >= 0.6 is 23.4 Å². The largest absolute Gasteiger partial charge is 0.493 e. The van der Waals surface area contributed by atoms with Gasteiger partial charge in [0.2, 0.25) is 11.1 Å². The number of benzene rings is 3. The summed E-state index contributed by atoms with van der Waals surface area (Å²) >= 11 is 7.83. The van der Waals surface area contributed by atoms with Crippen molar-refractivity contribution in [1.29, 1.82) is 0 Å². The van der Waals surface area contributed by atoms with E-state index < -0.39 is 12.0 Å². The summed E-state index contributed by atoms with van der Waals surface area (Å²) in [7, 11) is 1.54. The molecule has 4 aromatic rings. The predicted molar refractivity (Wildman–Crippen MR) is 181 cm³/mol. The summed E-state index contributed by atoms with van der Waals surface area (Å²) in [6.45, 7) is 3.36. The molecule has 2 aliphatic heterocycles. The molecule has 0 saturated carbocycles. The second kappa shape index (κ2) is 15.0. The van der Waals surface area contributed by atoms with E-state index in [1.165, 1.54) is 11.8 Å². The van der Waals surface area contributed by atoms with Gasteiger partial charge in [-0.25, -0.2) is 9.48 Å². The number of likely N-dealkylation sites (tertiary alicyclic amines) is 1. The van der Waals surface area contributed by atoms with Crippen molar-refractivity contribution in [2.45, 2.75) is 49.7 Å². The molecule has 0 spiro atoms. The Morgan fingerprint density at radius 1 is 1.00 bits per heavy atom. The number of carbonyl (C=O) groups is 2. The first-order valence-corrected chi connectivity index (χ1v) is 16.9. The summed E-state index contributed by atoms with van der Waals surface area (Å²) in [6, 6.07) is 21.9. The first kappa shape index (κ1) is 32.5. The molecule has 10 nitrogen and oxygen atoms in total. The number of amides is 1. The van der Waals surface area contributed by atoms with Crippen LogP contribution in [0.2, 0.25) is 5.02 Å². The fourth-order valence-electron chi connectivity index (χ4n) is 5.67. The molecule has 1 amide bonds. The minimum atomic E-state index is -0.686. The first-order valence-electron chi connectivity index (χ1n) is 15.5. The highest BCUT2D eigenvalue weighted by Crippen LogP contribution is 2.40. The van der Waals surface area contributed by atoms with Crippen molar-refractivity contribution in [2.24, 2.45) is 0 Å². The highest BCUT2D eigenvalue weighted by atomic mass is 35.5. The molecule has 1 unspecified atom stereocenters. The molecule has 3 aromatic carbocycles. The molecule has 244 valence electrons. The highest BCUT2D eigenvalue weighted by molar-refractivity contribution is 7.98. The summed E-state index contributed by atoms with van der Waals surface area (Å²) in [5.74, 6) is 1.38. The van der Waals surface area contributed by atoms with Crippen molar-refractivity contribution >= 4 is 41.2 Å². The summed E-state index contributed by atoms with van der Waals surface area (Å²) in [5, 5.41) is 9.27. The van der Waals surface area contributed by atoms with E-state index in [1.54, 1.807) is 23.9 Å². The van der Waals surface area contributed by atoms with Gasteiger partial charge in [-0.1, -0.05) is 78.0 Å². The molecule has 12 heteroatoms. The second-order valence-electron chi connectivity index (χ2n) is 11.3. The van der Waals surface area contributed by atoms with E-state index in [2.05, 4.69) is 5.32 Å². The number of aromatic nitrogens is 3. The number of hydrogen-bond donors (Lipinski definition) is 1. The van der Waals surface area contributed by atoms with Crippen LogP contribution in [0.25, 0.3) is 0 Å². The van der Waals surface area contributed by atoms with Gasteiger partial charge in [-0.15, -0.1) is 5.10 Å². The number of methoxy groups -OCH3 is 1. The minimum absolute atomic E-state index is 0.0507. The van der Waals surface area contributed by atoms with Crippen molar-refractivity contribution in [3.8, 4) is 11.5 Å². The third kappa shape index (κ3) is 7.58. The van der Waals surface area contributed by atoms with E-state index in [0.717, 1.165) is 43.5 Å². The number of anilines is 1. The van der Waals surface area contributed by atoms with Crippen LogP contribution in [-0.2, 0) is 26.7 Å². The fourth-order valence-corrected chi connectivity index (χ4v) is 6.79. The predicted octanol–water partition coefficient (Wildman–Crippen LogP) is 6.66. The van der Waals surface area contributed by atoms with Gasteiger partial charge in [0, 0.05) is 29.6 Å². The first-order chi connectivity index (χ1) is 22.9. The van der Waals surface area contributed by atoms with E-state index in [9.17, 15) is 9.59 Å². The lowest BCUT2D eigenvalue weighted by Gasteiger charge is -2.29. The number of ether oxygens (including phenoxy) is 3. The van der Waals surface area contributed by atoms with Crippen molar-refractivity contribution in [2.75, 3.05) is 32.1 Å². The van der Waals surface area contributed by atoms with Crippen LogP contribution < -0.4 is 14.8 Å². The van der Waals surface area contributed by atoms with Gasteiger partial charge in [0.1, 0.15) is 12.6 Å². The van der Waals surface area contributed by atoms with Gasteiger partial charge in [-0.3, -0.25) is 4.79 Å². The number of carbonyl (C=O) groups excluding carboxylic acids is 2. The number of rotatable bonds is 11. The lowest BCUT2D eigenvalue weighted by atomic mass is 9.95. The Bertz CT molecular complexity index is 1770. The SMILES string of the molecule is COc1cc(C2C(C(=O)OCc3ccccc3)=C(C)Nc3nc(SCc4ccccc4Cl)nn32)ccc1OCC(=O)N1CCCCC1. The topological polar surface area (TPSA) is 108 Å². The van der Waals surface area contributed by atoms with Crippen LogP contribution in [0.15, 0.2) is 89.2 Å². The molecular weight excluding hydrogens is 638 g/mol. The monoisotopic (exact) mass is 673 g/mol. The highest BCUT2D eigenvalue weighted by Gasteiger charge is 2.36. The van der Waals surface area contributed by atoms with Crippen molar-refractivity contribution in [1.82, 2.24) is 19.7 Å². The average molecular weight is 674 g/mol. The second-order valence-corrected chi connectivity index (χ2v) is 12.7. The van der Waals surface area contributed by atoms with E-state index in [-0.39, 0.29) is 19.1 Å². The summed E-state index contributed by atoms with van der Waals surface area (Å²) < 4.78 is 19.2. The molecular formula is C35H36ClN5O5S. The normalized spacial score (nSPS) is 15.9. The number of piperidine rings is 1. The third-order valence-electron chi connectivity index (χ3n) is 8.14. The number of nitrogens with one attached hydrogen (secondary N) is 1. The Balaban J connectivity index is 1.29. The molecule has 0 bridgehead atoms. The van der Waals surface area contributed by atoms with Crippen LogP contribution in [0.3, 0.4) is 0 Å². The Morgan fingerprint density at radius 3 is 2.53 bits per heavy atom. The van der Waals surface area contributed by atoms with Gasteiger partial charge >= 0.3 is 5.97 Å². The maximum absolute atomic E-state index is 13.8. The maximum Gasteiger partial charge on any atom is 0.338 e. The van der Waals surface area contributed by atoms with Crippen LogP contribution in [0.1, 0.15) is 48.9 Å². The molecule has 1 atom stereocenters. The Kier molecular flexibility index (Phi) is 10.3. The molecule has 1 saturated heterocycles. The van der Waals surface area contributed by atoms with Gasteiger partial charge in [0.25, 0.3) is 5.91 Å². The Labute approximate surface area is 283 Å². The quantitative estimate of drug-likeness (QED) is 0.138. The number of thioether (sulfide) groups is 1. The zero-order valence-electron chi connectivity index (χ0n) is 26.3. The summed E-state index contributed by atoms with van der Waals surface area (Å²) in [6.07, 6.45) is 3.16. The molecule has 6 rings (SSSR count). The Hall–Kier alpha value is -4.48. The van der Waals surface area contributed by atoms with Gasteiger partial charge in [0.15, 0.2) is 18.1 Å². The van der Waals surface area contributed by atoms with Gasteiger partial charge in [0.05, 0.1) is 12.7 Å². The average Bonchev–Trinajstić information content (AvgIpc) is 3.51. The number of fused-ring (bicyclic) bond motifs is 1. The maximum atomic E-state index is 13.8. The smallest absolute Gasteiger partial charge is 0.338 e. The van der Waals surface area contributed by atoms with Gasteiger partial charge in [-0.2, -0.15) is 4.98 Å². The van der Waals surface area contributed by atoms with E-state index in [1.807, 2.05) is 72.5 Å². The van der Waals surface area contributed by atoms with Crippen LogP contribution in [0.4, 0.5) is 5.95 Å². The van der Waals surface area contributed by atoms with Crippen molar-refractivity contribution in [3.05, 3.63) is 106 Å². The molecule has 0 radical (unpaired) electrons. The zero-order valence-corrected chi connectivity index (χ0v) is 27.9. The zero-order chi connectivity index (χ0) is 32.8. The molecule has 47 heavy (non-hydrogen) atoms. The number of allylic oxidation sites excluding steroid dienone is 1. The molecule has 1 N–H and O–H groups in total. The fraction of sp³-hybridized carbons (Fsp3) is 0.314. The molecule has 1 fully saturated rings. The minimum Gasteiger partial charge on any atom is -0.493 e. The molecule has 0 aliphatic carbocycles. The number of hydrogen-bond acceptors (Lipinski definition) is 9. The van der Waals surface area contributed by atoms with Gasteiger partial charge in [-0.05, 0) is 61.1 Å². The van der Waals surface area contributed by atoms with Crippen LogP contribution in [0, 0.1) is 0 Å². The third-order valence-corrected chi connectivity index (χ3v) is 9.40. The lowest BCUT2D eigenvalue weighted by Crippen LogP contribution is -2.38. The number of halogens is 1. The summed E-state index contributed by atoms with van der Waals surface area (Å²) in [5.41, 5.74) is 3.54.